The van der Waals surface area contributed by atoms with Gasteiger partial charge in [0, 0.05) is 25.9 Å². The fourth-order valence-electron chi connectivity index (χ4n) is 4.32. The zero-order chi connectivity index (χ0) is 22.3. The highest BCUT2D eigenvalue weighted by atomic mass is 16.2. The minimum atomic E-state index is -0.333. The van der Waals surface area contributed by atoms with Crippen molar-refractivity contribution in [2.24, 2.45) is 5.92 Å². The van der Waals surface area contributed by atoms with Crippen LogP contribution in [0.5, 0.6) is 0 Å². The Balaban J connectivity index is 1.35. The van der Waals surface area contributed by atoms with Crippen LogP contribution in [0.3, 0.4) is 0 Å². The van der Waals surface area contributed by atoms with Crippen LogP contribution in [0.1, 0.15) is 29.9 Å². The van der Waals surface area contributed by atoms with Gasteiger partial charge in [-0.2, -0.15) is 0 Å². The van der Waals surface area contributed by atoms with Gasteiger partial charge in [0.2, 0.25) is 11.8 Å². The third-order valence-corrected chi connectivity index (χ3v) is 6.10. The summed E-state index contributed by atoms with van der Waals surface area (Å²) in [6, 6.07) is 30.5. The number of nitrogens with zero attached hydrogens (tertiary/aromatic N) is 2. The van der Waals surface area contributed by atoms with E-state index in [0.717, 1.165) is 12.1 Å². The second-order valence-corrected chi connectivity index (χ2v) is 8.19. The monoisotopic (exact) mass is 427 g/mol. The van der Waals surface area contributed by atoms with E-state index >= 15 is 0 Å². The highest BCUT2D eigenvalue weighted by molar-refractivity contribution is 5.90. The van der Waals surface area contributed by atoms with E-state index in [1.165, 1.54) is 11.1 Å². The van der Waals surface area contributed by atoms with Gasteiger partial charge in [0.15, 0.2) is 0 Å². The number of nitrogens with one attached hydrogen (secondary N) is 1. The van der Waals surface area contributed by atoms with Gasteiger partial charge in [-0.3, -0.25) is 19.6 Å². The van der Waals surface area contributed by atoms with Crippen LogP contribution in [-0.4, -0.2) is 37.0 Å². The molecule has 4 rings (SSSR count). The molecule has 1 atom stereocenters. The summed E-state index contributed by atoms with van der Waals surface area (Å²) in [4.78, 5) is 25.4. The molecule has 2 amide bonds. The molecule has 3 aromatic rings. The Labute approximate surface area is 189 Å². The van der Waals surface area contributed by atoms with E-state index in [2.05, 4.69) is 29.6 Å². The number of benzene rings is 3. The molecule has 32 heavy (non-hydrogen) atoms. The molecule has 1 aliphatic rings. The lowest BCUT2D eigenvalue weighted by atomic mass is 9.88. The number of hydrazine groups is 1. The molecular weight excluding hydrogens is 398 g/mol. The van der Waals surface area contributed by atoms with Gasteiger partial charge < -0.3 is 5.32 Å². The molecule has 0 aromatic heterocycles. The molecule has 1 aliphatic heterocycles. The second-order valence-electron chi connectivity index (χ2n) is 8.19. The molecule has 164 valence electrons. The number of para-hydroxylation sites is 1. The predicted molar refractivity (Wildman–Crippen MR) is 127 cm³/mol. The van der Waals surface area contributed by atoms with Crippen molar-refractivity contribution in [2.45, 2.75) is 18.8 Å². The third kappa shape index (κ3) is 4.99. The maximum Gasteiger partial charge on any atom is 0.241 e. The molecule has 0 aliphatic carbocycles. The second kappa shape index (κ2) is 10.1. The Hall–Kier alpha value is -3.60. The van der Waals surface area contributed by atoms with Gasteiger partial charge in [-0.15, -0.1) is 0 Å². The van der Waals surface area contributed by atoms with Crippen molar-refractivity contribution in [1.29, 1.82) is 0 Å². The van der Waals surface area contributed by atoms with Gasteiger partial charge in [0.1, 0.15) is 0 Å². The minimum Gasteiger partial charge on any atom is -0.356 e. The summed E-state index contributed by atoms with van der Waals surface area (Å²) in [5.41, 5.74) is 3.40. The van der Waals surface area contributed by atoms with Crippen molar-refractivity contribution in [1.82, 2.24) is 10.3 Å². The summed E-state index contributed by atoms with van der Waals surface area (Å²) < 4.78 is 0. The van der Waals surface area contributed by atoms with Crippen molar-refractivity contribution in [3.05, 3.63) is 102 Å². The maximum atomic E-state index is 12.8. The van der Waals surface area contributed by atoms with Crippen molar-refractivity contribution in [2.75, 3.05) is 25.1 Å². The van der Waals surface area contributed by atoms with Crippen LogP contribution < -0.4 is 10.3 Å². The average Bonchev–Trinajstić information content (AvgIpc) is 3.24. The molecular formula is C27H29N3O2. The number of anilines is 1. The highest BCUT2D eigenvalue weighted by Crippen LogP contribution is 2.28. The number of carbonyl (C=O) groups is 2. The standard InChI is InChI=1S/C27H29N3O2/c1-29(24-15-9-4-10-16-24)30-20-23(19-26(30)31)27(32)28-18-17-25(21-11-5-2-6-12-21)22-13-7-3-8-14-22/h2-16,23,25H,17-20H2,1H3,(H,28,32). The van der Waals surface area contributed by atoms with E-state index in [0.29, 0.717) is 13.1 Å². The van der Waals surface area contributed by atoms with Gasteiger partial charge in [-0.05, 0) is 29.7 Å². The molecule has 5 nitrogen and oxygen atoms in total. The highest BCUT2D eigenvalue weighted by Gasteiger charge is 2.36. The molecule has 1 fully saturated rings. The van der Waals surface area contributed by atoms with Gasteiger partial charge in [-0.25, -0.2) is 0 Å². The third-order valence-electron chi connectivity index (χ3n) is 6.10. The van der Waals surface area contributed by atoms with Crippen LogP contribution in [0.4, 0.5) is 5.69 Å². The van der Waals surface area contributed by atoms with Gasteiger partial charge >= 0.3 is 0 Å². The Morgan fingerprint density at radius 3 is 2.03 bits per heavy atom. The molecule has 1 N–H and O–H groups in total. The van der Waals surface area contributed by atoms with E-state index in [9.17, 15) is 9.59 Å². The van der Waals surface area contributed by atoms with Crippen LogP contribution in [-0.2, 0) is 9.59 Å². The summed E-state index contributed by atoms with van der Waals surface area (Å²) in [7, 11) is 1.86. The van der Waals surface area contributed by atoms with Crippen LogP contribution in [0.2, 0.25) is 0 Å². The Morgan fingerprint density at radius 1 is 0.938 bits per heavy atom. The summed E-state index contributed by atoms with van der Waals surface area (Å²) in [6.45, 7) is 0.962. The Morgan fingerprint density at radius 2 is 1.47 bits per heavy atom. The first-order valence-corrected chi connectivity index (χ1v) is 11.1. The lowest BCUT2D eigenvalue weighted by Crippen LogP contribution is -2.42. The molecule has 5 heteroatoms. The van der Waals surface area contributed by atoms with Crippen molar-refractivity contribution < 1.29 is 9.59 Å². The Bertz CT molecular complexity index is 985. The van der Waals surface area contributed by atoms with Gasteiger partial charge in [-0.1, -0.05) is 78.9 Å². The molecule has 1 saturated heterocycles. The van der Waals surface area contributed by atoms with Crippen molar-refractivity contribution in [3.63, 3.8) is 0 Å². The quantitative estimate of drug-likeness (QED) is 0.586. The summed E-state index contributed by atoms with van der Waals surface area (Å²) >= 11 is 0. The Kier molecular flexibility index (Phi) is 6.85. The minimum absolute atomic E-state index is 0.0250. The topological polar surface area (TPSA) is 52.6 Å². The van der Waals surface area contributed by atoms with Crippen LogP contribution >= 0.6 is 0 Å². The van der Waals surface area contributed by atoms with Crippen LogP contribution in [0, 0.1) is 5.92 Å². The molecule has 1 heterocycles. The number of rotatable bonds is 8. The van der Waals surface area contributed by atoms with Crippen molar-refractivity contribution >= 4 is 17.5 Å². The first-order chi connectivity index (χ1) is 15.6. The lowest BCUT2D eigenvalue weighted by Gasteiger charge is -2.30. The molecule has 0 saturated carbocycles. The number of hydrogen-bond acceptors (Lipinski definition) is 3. The zero-order valence-electron chi connectivity index (χ0n) is 18.4. The molecule has 0 spiro atoms. The molecule has 3 aromatic carbocycles. The van der Waals surface area contributed by atoms with E-state index in [4.69, 9.17) is 0 Å². The maximum absolute atomic E-state index is 12.8. The molecule has 0 bridgehead atoms. The van der Waals surface area contributed by atoms with E-state index < -0.39 is 0 Å². The number of amides is 2. The van der Waals surface area contributed by atoms with Gasteiger partial charge in [0.05, 0.1) is 18.2 Å². The zero-order valence-corrected chi connectivity index (χ0v) is 18.4. The average molecular weight is 428 g/mol. The van der Waals surface area contributed by atoms with Crippen molar-refractivity contribution in [3.8, 4) is 0 Å². The predicted octanol–water partition coefficient (Wildman–Crippen LogP) is 4.22. The summed E-state index contributed by atoms with van der Waals surface area (Å²) in [5.74, 6) is -0.200. The van der Waals surface area contributed by atoms with Crippen LogP contribution in [0.15, 0.2) is 91.0 Å². The molecule has 1 unspecified atom stereocenters. The fourth-order valence-corrected chi connectivity index (χ4v) is 4.32. The number of carbonyl (C=O) groups excluding carboxylic acids is 2. The van der Waals surface area contributed by atoms with Gasteiger partial charge in [0.25, 0.3) is 0 Å². The normalized spacial score (nSPS) is 15.8. The van der Waals surface area contributed by atoms with E-state index in [1.54, 1.807) is 5.01 Å². The summed E-state index contributed by atoms with van der Waals surface area (Å²) in [5, 5.41) is 6.57. The number of hydrogen-bond donors (Lipinski definition) is 1. The molecule has 0 radical (unpaired) electrons. The largest absolute Gasteiger partial charge is 0.356 e. The summed E-state index contributed by atoms with van der Waals surface area (Å²) in [6.07, 6.45) is 1.04. The SMILES string of the molecule is CN(c1ccccc1)N1CC(C(=O)NCCC(c2ccccc2)c2ccccc2)CC1=O. The lowest BCUT2D eigenvalue weighted by molar-refractivity contribution is -0.129. The smallest absolute Gasteiger partial charge is 0.241 e. The van der Waals surface area contributed by atoms with E-state index in [1.807, 2.05) is 78.8 Å². The first kappa shape index (κ1) is 21.6. The van der Waals surface area contributed by atoms with Crippen LogP contribution in [0.25, 0.3) is 0 Å². The van der Waals surface area contributed by atoms with E-state index in [-0.39, 0.29) is 30.1 Å². The first-order valence-electron chi connectivity index (χ1n) is 11.1. The fraction of sp³-hybridized carbons (Fsp3) is 0.259.